The second kappa shape index (κ2) is 9.13. The summed E-state index contributed by atoms with van der Waals surface area (Å²) in [4.78, 5) is 32.3. The number of esters is 1. The fourth-order valence-corrected chi connectivity index (χ4v) is 3.41. The van der Waals surface area contributed by atoms with E-state index in [1.165, 1.54) is 17.0 Å². The Labute approximate surface area is 180 Å². The summed E-state index contributed by atoms with van der Waals surface area (Å²) in [6.07, 6.45) is 2.74. The number of halogens is 2. The highest BCUT2D eigenvalue weighted by molar-refractivity contribution is 5.98. The largest absolute Gasteiger partial charge is 0.466 e. The third-order valence-electron chi connectivity index (χ3n) is 4.92. The molecule has 0 amide bonds. The third kappa shape index (κ3) is 4.43. The average Bonchev–Trinajstić information content (AvgIpc) is 3.07. The molecule has 0 aliphatic heterocycles. The highest BCUT2D eigenvalue weighted by atomic mass is 19.2. The van der Waals surface area contributed by atoms with Crippen molar-refractivity contribution in [2.45, 2.75) is 32.7 Å². The van der Waals surface area contributed by atoms with E-state index in [2.05, 4.69) is 15.3 Å². The monoisotopic (exact) mass is 442 g/mol. The second-order valence-electron chi connectivity index (χ2n) is 7.09. The van der Waals surface area contributed by atoms with Crippen molar-refractivity contribution in [3.63, 3.8) is 0 Å². The fraction of sp³-hybridized carbons (Fsp3) is 0.273. The molecule has 0 spiro atoms. The maximum Gasteiger partial charge on any atom is 0.419 e. The topological polar surface area (TPSA) is 99.2 Å². The Morgan fingerprint density at radius 2 is 2.00 bits per heavy atom. The lowest BCUT2D eigenvalue weighted by Gasteiger charge is -2.09. The Kier molecular flexibility index (Phi) is 6.11. The number of nitrogens with zero attached hydrogens (tertiary/aromatic N) is 3. The van der Waals surface area contributed by atoms with Gasteiger partial charge in [0.05, 0.1) is 17.6 Å². The van der Waals surface area contributed by atoms with Crippen molar-refractivity contribution in [1.82, 2.24) is 14.5 Å². The van der Waals surface area contributed by atoms with Gasteiger partial charge in [-0.05, 0) is 38.0 Å². The Balaban J connectivity index is 1.63. The summed E-state index contributed by atoms with van der Waals surface area (Å²) in [7, 11) is 0. The van der Waals surface area contributed by atoms with Crippen LogP contribution in [0.1, 0.15) is 26.2 Å². The lowest BCUT2D eigenvalue weighted by molar-refractivity contribution is -0.143. The van der Waals surface area contributed by atoms with Crippen molar-refractivity contribution in [3.05, 3.63) is 58.8 Å². The van der Waals surface area contributed by atoms with Crippen LogP contribution in [0.5, 0.6) is 0 Å². The summed E-state index contributed by atoms with van der Waals surface area (Å²) in [5.74, 6) is -2.36. The number of carbonyl (C=O) groups is 1. The van der Waals surface area contributed by atoms with Gasteiger partial charge in [-0.25, -0.2) is 23.5 Å². The Bertz CT molecular complexity index is 1350. The summed E-state index contributed by atoms with van der Waals surface area (Å²) in [5, 5.41) is 3.53. The van der Waals surface area contributed by atoms with Gasteiger partial charge in [0.15, 0.2) is 17.2 Å². The van der Waals surface area contributed by atoms with E-state index in [0.29, 0.717) is 59.5 Å². The minimum atomic E-state index is -0.984. The minimum absolute atomic E-state index is 0.270. The number of aromatic nitrogens is 3. The first kappa shape index (κ1) is 21.4. The van der Waals surface area contributed by atoms with Crippen molar-refractivity contribution in [3.8, 4) is 0 Å². The minimum Gasteiger partial charge on any atom is -0.466 e. The van der Waals surface area contributed by atoms with E-state index in [1.54, 1.807) is 19.1 Å². The molecule has 0 aliphatic carbocycles. The predicted octanol–water partition coefficient (Wildman–Crippen LogP) is 4.29. The molecule has 0 bridgehead atoms. The molecule has 32 heavy (non-hydrogen) atoms. The number of benzene rings is 2. The van der Waals surface area contributed by atoms with E-state index in [9.17, 15) is 18.4 Å². The van der Waals surface area contributed by atoms with Crippen molar-refractivity contribution >= 4 is 39.5 Å². The number of ether oxygens (including phenoxy) is 1. The summed E-state index contributed by atoms with van der Waals surface area (Å²) >= 11 is 0. The van der Waals surface area contributed by atoms with E-state index in [-0.39, 0.29) is 12.4 Å². The van der Waals surface area contributed by atoms with E-state index in [0.717, 1.165) is 12.1 Å². The van der Waals surface area contributed by atoms with Gasteiger partial charge in [0, 0.05) is 36.2 Å². The smallest absolute Gasteiger partial charge is 0.419 e. The molecule has 0 atom stereocenters. The first-order valence-electron chi connectivity index (χ1n) is 10.1. The maximum atomic E-state index is 13.6. The van der Waals surface area contributed by atoms with E-state index >= 15 is 0 Å². The van der Waals surface area contributed by atoms with Gasteiger partial charge < -0.3 is 14.5 Å². The van der Waals surface area contributed by atoms with Crippen LogP contribution in [0.4, 0.5) is 20.3 Å². The number of anilines is 2. The molecule has 0 radical (unpaired) electrons. The Hall–Kier alpha value is -3.82. The van der Waals surface area contributed by atoms with Crippen LogP contribution in [0.25, 0.3) is 22.0 Å². The Morgan fingerprint density at radius 3 is 2.78 bits per heavy atom. The van der Waals surface area contributed by atoms with Crippen LogP contribution in [-0.4, -0.2) is 27.1 Å². The van der Waals surface area contributed by atoms with Crippen LogP contribution in [0.2, 0.25) is 0 Å². The van der Waals surface area contributed by atoms with E-state index < -0.39 is 17.4 Å². The number of aryl methyl sites for hydroxylation is 1. The molecule has 0 saturated carbocycles. The highest BCUT2D eigenvalue weighted by Crippen LogP contribution is 2.28. The molecule has 4 rings (SSSR count). The lowest BCUT2D eigenvalue weighted by atomic mass is 10.2. The highest BCUT2D eigenvalue weighted by Gasteiger charge is 2.14. The number of hydrogen-bond acceptors (Lipinski definition) is 7. The number of nitrogens with one attached hydrogen (secondary N) is 1. The molecule has 4 aromatic rings. The number of hydrogen-bond donors (Lipinski definition) is 1. The first-order valence-corrected chi connectivity index (χ1v) is 10.1. The molecule has 1 N–H and O–H groups in total. The van der Waals surface area contributed by atoms with Crippen molar-refractivity contribution < 1.29 is 22.7 Å². The summed E-state index contributed by atoms with van der Waals surface area (Å²) in [6.45, 7) is 2.44. The van der Waals surface area contributed by atoms with Gasteiger partial charge in [-0.3, -0.25) is 9.36 Å². The van der Waals surface area contributed by atoms with Gasteiger partial charge in [0.1, 0.15) is 12.1 Å². The summed E-state index contributed by atoms with van der Waals surface area (Å²) < 4.78 is 38.5. The van der Waals surface area contributed by atoms with Gasteiger partial charge in [-0.1, -0.05) is 0 Å². The number of oxazole rings is 1. The summed E-state index contributed by atoms with van der Waals surface area (Å²) in [5.41, 5.74) is 1.74. The van der Waals surface area contributed by atoms with Crippen LogP contribution in [0.3, 0.4) is 0 Å². The van der Waals surface area contributed by atoms with E-state index in [1.807, 2.05) is 0 Å². The maximum absolute atomic E-state index is 13.6. The van der Waals surface area contributed by atoms with Crippen LogP contribution in [-0.2, 0) is 16.1 Å². The lowest BCUT2D eigenvalue weighted by Crippen LogP contribution is -2.14. The fourth-order valence-electron chi connectivity index (χ4n) is 3.41. The molecular weight excluding hydrogens is 422 g/mol. The molecule has 0 saturated heterocycles. The number of rotatable bonds is 8. The van der Waals surface area contributed by atoms with Crippen molar-refractivity contribution in [2.24, 2.45) is 0 Å². The number of unbranched alkanes of at least 4 members (excludes halogenated alkanes) is 1. The molecule has 0 unspecified atom stereocenters. The molecular formula is C22H20F2N4O4. The van der Waals surface area contributed by atoms with Crippen LogP contribution < -0.4 is 11.1 Å². The average molecular weight is 442 g/mol. The number of carbonyl (C=O) groups excluding carboxylic acids is 1. The zero-order chi connectivity index (χ0) is 22.7. The normalized spacial score (nSPS) is 11.2. The second-order valence-corrected chi connectivity index (χ2v) is 7.09. The van der Waals surface area contributed by atoms with Crippen LogP contribution in [0, 0.1) is 11.6 Å². The quantitative estimate of drug-likeness (QED) is 0.321. The molecule has 2 aromatic heterocycles. The zero-order valence-electron chi connectivity index (χ0n) is 17.2. The summed E-state index contributed by atoms with van der Waals surface area (Å²) in [6, 6.07) is 6.77. The van der Waals surface area contributed by atoms with Crippen molar-refractivity contribution in [2.75, 3.05) is 11.9 Å². The van der Waals surface area contributed by atoms with Gasteiger partial charge in [0.25, 0.3) is 0 Å². The van der Waals surface area contributed by atoms with Gasteiger partial charge in [0.2, 0.25) is 0 Å². The van der Waals surface area contributed by atoms with Gasteiger partial charge in [-0.2, -0.15) is 0 Å². The van der Waals surface area contributed by atoms with E-state index in [4.69, 9.17) is 9.15 Å². The molecule has 10 heteroatoms. The SMILES string of the molecule is CCOC(=O)CCCCn1c(=O)oc2cc3ncnc(Nc4ccc(F)c(F)c4)c3cc21. The molecule has 0 fully saturated rings. The Morgan fingerprint density at radius 1 is 1.16 bits per heavy atom. The zero-order valence-corrected chi connectivity index (χ0v) is 17.2. The molecule has 0 aliphatic rings. The first-order chi connectivity index (χ1) is 15.5. The molecule has 2 aromatic carbocycles. The van der Waals surface area contributed by atoms with Crippen molar-refractivity contribution in [1.29, 1.82) is 0 Å². The number of fused-ring (bicyclic) bond motifs is 2. The predicted molar refractivity (Wildman–Crippen MR) is 114 cm³/mol. The van der Waals surface area contributed by atoms with Crippen LogP contribution in [0.15, 0.2) is 45.9 Å². The standard InChI is InChI=1S/C22H20F2N4O4/c1-2-31-20(29)5-3-4-8-28-18-10-14-17(11-19(18)32-22(28)30)25-12-26-21(14)27-13-6-7-15(23)16(24)9-13/h6-7,9-12H,2-5,8H2,1H3,(H,25,26,27). The molecule has 8 nitrogen and oxygen atoms in total. The van der Waals surface area contributed by atoms with Gasteiger partial charge >= 0.3 is 11.7 Å². The molecule has 166 valence electrons. The third-order valence-corrected chi connectivity index (χ3v) is 4.92. The molecule has 2 heterocycles. The van der Waals surface area contributed by atoms with Crippen LogP contribution >= 0.6 is 0 Å². The van der Waals surface area contributed by atoms with Gasteiger partial charge in [-0.15, -0.1) is 0 Å².